The van der Waals surface area contributed by atoms with Gasteiger partial charge in [0.25, 0.3) is 0 Å². The molecular formula is C15H19N3O4S. The highest BCUT2D eigenvalue weighted by molar-refractivity contribution is 7.15. The quantitative estimate of drug-likeness (QED) is 0.708. The number of ether oxygens (including phenoxy) is 3. The van der Waals surface area contributed by atoms with Crippen molar-refractivity contribution in [2.45, 2.75) is 19.4 Å². The van der Waals surface area contributed by atoms with E-state index in [1.165, 1.54) is 11.3 Å². The van der Waals surface area contributed by atoms with Crippen molar-refractivity contribution in [3.8, 4) is 11.5 Å². The number of hydrogen-bond acceptors (Lipinski definition) is 7. The zero-order valence-electron chi connectivity index (χ0n) is 13.1. The van der Waals surface area contributed by atoms with Crippen molar-refractivity contribution in [3.63, 3.8) is 0 Å². The minimum absolute atomic E-state index is 0.108. The van der Waals surface area contributed by atoms with Gasteiger partial charge in [0.05, 0.1) is 13.7 Å². The van der Waals surface area contributed by atoms with Gasteiger partial charge < -0.3 is 19.5 Å². The minimum Gasteiger partial charge on any atom is -0.497 e. The van der Waals surface area contributed by atoms with E-state index in [1.807, 2.05) is 24.3 Å². The van der Waals surface area contributed by atoms with E-state index in [2.05, 4.69) is 15.5 Å². The van der Waals surface area contributed by atoms with Crippen molar-refractivity contribution in [2.24, 2.45) is 0 Å². The molecule has 0 saturated carbocycles. The molecule has 1 N–H and O–H groups in total. The lowest BCUT2D eigenvalue weighted by atomic mass is 10.3. The van der Waals surface area contributed by atoms with Crippen LogP contribution in [0.25, 0.3) is 0 Å². The molecule has 2 rings (SSSR count). The number of aromatic nitrogens is 2. The van der Waals surface area contributed by atoms with Crippen LogP contribution >= 0.6 is 11.3 Å². The standard InChI is InChI=1S/C15H19N3O4S/c1-20-10-14-17-18-15(23-14)16-13(19)4-3-9-22-12-7-5-11(21-2)6-8-12/h5-8H,3-4,9-10H2,1-2H3,(H,16,18,19). The predicted molar refractivity (Wildman–Crippen MR) is 87.0 cm³/mol. The summed E-state index contributed by atoms with van der Waals surface area (Å²) in [6, 6.07) is 7.32. The SMILES string of the molecule is COCc1nnc(NC(=O)CCCOc2ccc(OC)cc2)s1. The van der Waals surface area contributed by atoms with Gasteiger partial charge in [-0.3, -0.25) is 4.79 Å². The number of nitrogens with zero attached hydrogens (tertiary/aromatic N) is 2. The van der Waals surface area contributed by atoms with Crippen LogP contribution in [0.1, 0.15) is 17.8 Å². The first-order valence-corrected chi connectivity index (χ1v) is 7.91. The van der Waals surface area contributed by atoms with Crippen molar-refractivity contribution < 1.29 is 19.0 Å². The number of amides is 1. The number of nitrogens with one attached hydrogen (secondary N) is 1. The van der Waals surface area contributed by atoms with Gasteiger partial charge in [-0.05, 0) is 30.7 Å². The Morgan fingerprint density at radius 3 is 2.61 bits per heavy atom. The monoisotopic (exact) mass is 337 g/mol. The molecule has 0 atom stereocenters. The topological polar surface area (TPSA) is 82.6 Å². The van der Waals surface area contributed by atoms with E-state index in [1.54, 1.807) is 14.2 Å². The molecule has 7 nitrogen and oxygen atoms in total. The first-order valence-electron chi connectivity index (χ1n) is 7.09. The van der Waals surface area contributed by atoms with Gasteiger partial charge in [0.1, 0.15) is 23.1 Å². The van der Waals surface area contributed by atoms with Crippen molar-refractivity contribution in [1.29, 1.82) is 0 Å². The van der Waals surface area contributed by atoms with Crippen molar-refractivity contribution >= 4 is 22.4 Å². The van der Waals surface area contributed by atoms with Gasteiger partial charge >= 0.3 is 0 Å². The highest BCUT2D eigenvalue weighted by Gasteiger charge is 2.08. The lowest BCUT2D eigenvalue weighted by Gasteiger charge is -2.06. The molecular weight excluding hydrogens is 318 g/mol. The zero-order valence-corrected chi connectivity index (χ0v) is 13.9. The normalized spacial score (nSPS) is 10.3. The number of hydrogen-bond donors (Lipinski definition) is 1. The van der Waals surface area contributed by atoms with Gasteiger partial charge in [-0.1, -0.05) is 11.3 Å². The summed E-state index contributed by atoms with van der Waals surface area (Å²) < 4.78 is 15.6. The summed E-state index contributed by atoms with van der Waals surface area (Å²) in [5, 5.41) is 11.7. The molecule has 0 saturated heterocycles. The average molecular weight is 337 g/mol. The predicted octanol–water partition coefficient (Wildman–Crippen LogP) is 2.49. The van der Waals surface area contributed by atoms with Crippen molar-refractivity contribution in [1.82, 2.24) is 10.2 Å². The van der Waals surface area contributed by atoms with E-state index in [9.17, 15) is 4.79 Å². The fourth-order valence-corrected chi connectivity index (χ4v) is 2.49. The van der Waals surface area contributed by atoms with Crippen LogP contribution in [-0.2, 0) is 16.1 Å². The molecule has 1 aromatic heterocycles. The number of carbonyl (C=O) groups is 1. The molecule has 2 aromatic rings. The Morgan fingerprint density at radius 1 is 1.17 bits per heavy atom. The van der Waals surface area contributed by atoms with Gasteiger partial charge in [0.2, 0.25) is 11.0 Å². The Labute approximate surface area is 138 Å². The van der Waals surface area contributed by atoms with Crippen LogP contribution in [0.3, 0.4) is 0 Å². The molecule has 8 heteroatoms. The van der Waals surface area contributed by atoms with Crippen molar-refractivity contribution in [2.75, 3.05) is 26.1 Å². The Bertz CT molecular complexity index is 615. The van der Waals surface area contributed by atoms with Crippen LogP contribution in [0.4, 0.5) is 5.13 Å². The molecule has 0 fully saturated rings. The van der Waals surface area contributed by atoms with E-state index in [4.69, 9.17) is 14.2 Å². The van der Waals surface area contributed by atoms with E-state index >= 15 is 0 Å². The molecule has 1 amide bonds. The molecule has 0 aliphatic rings. The maximum Gasteiger partial charge on any atom is 0.226 e. The molecule has 0 spiro atoms. The third kappa shape index (κ3) is 5.84. The van der Waals surface area contributed by atoms with Crippen LogP contribution in [-0.4, -0.2) is 36.9 Å². The summed E-state index contributed by atoms with van der Waals surface area (Å²) >= 11 is 1.30. The molecule has 0 bridgehead atoms. The van der Waals surface area contributed by atoms with Crippen LogP contribution in [0, 0.1) is 0 Å². The summed E-state index contributed by atoms with van der Waals surface area (Å²) in [4.78, 5) is 11.8. The van der Waals surface area contributed by atoms with Gasteiger partial charge in [-0.25, -0.2) is 0 Å². The number of methoxy groups -OCH3 is 2. The molecule has 0 aliphatic heterocycles. The Morgan fingerprint density at radius 2 is 1.91 bits per heavy atom. The van der Waals surface area contributed by atoms with Crippen LogP contribution in [0.5, 0.6) is 11.5 Å². The molecule has 0 aliphatic carbocycles. The average Bonchev–Trinajstić information content (AvgIpc) is 2.99. The van der Waals surface area contributed by atoms with E-state index in [0.29, 0.717) is 31.2 Å². The van der Waals surface area contributed by atoms with Gasteiger partial charge in [0, 0.05) is 13.5 Å². The first kappa shape index (κ1) is 17.2. The molecule has 0 unspecified atom stereocenters. The molecule has 124 valence electrons. The lowest BCUT2D eigenvalue weighted by Crippen LogP contribution is -2.12. The highest BCUT2D eigenvalue weighted by atomic mass is 32.1. The molecule has 1 aromatic carbocycles. The largest absolute Gasteiger partial charge is 0.497 e. The van der Waals surface area contributed by atoms with Crippen LogP contribution in [0.15, 0.2) is 24.3 Å². The second-order valence-corrected chi connectivity index (χ2v) is 5.67. The maximum atomic E-state index is 11.8. The second kappa shape index (κ2) is 9.06. The summed E-state index contributed by atoms with van der Waals surface area (Å²) in [5.74, 6) is 1.42. The second-order valence-electron chi connectivity index (χ2n) is 4.61. The Kier molecular flexibility index (Phi) is 6.76. The molecule has 23 heavy (non-hydrogen) atoms. The zero-order chi connectivity index (χ0) is 16.5. The summed E-state index contributed by atoms with van der Waals surface area (Å²) in [7, 11) is 3.20. The van der Waals surface area contributed by atoms with E-state index in [0.717, 1.165) is 16.5 Å². The fourth-order valence-electron chi connectivity index (χ4n) is 1.76. The molecule has 1 heterocycles. The van der Waals surface area contributed by atoms with Crippen molar-refractivity contribution in [3.05, 3.63) is 29.3 Å². The Balaban J connectivity index is 1.65. The van der Waals surface area contributed by atoms with Gasteiger partial charge in [-0.2, -0.15) is 0 Å². The van der Waals surface area contributed by atoms with Crippen LogP contribution in [0.2, 0.25) is 0 Å². The smallest absolute Gasteiger partial charge is 0.226 e. The minimum atomic E-state index is -0.108. The third-order valence-corrected chi connectivity index (χ3v) is 3.67. The third-order valence-electron chi connectivity index (χ3n) is 2.86. The van der Waals surface area contributed by atoms with Crippen LogP contribution < -0.4 is 14.8 Å². The summed E-state index contributed by atoms with van der Waals surface area (Å²) in [6.45, 7) is 0.855. The number of benzene rings is 1. The number of rotatable bonds is 9. The maximum absolute atomic E-state index is 11.8. The Hall–Kier alpha value is -2.19. The number of carbonyl (C=O) groups excluding carboxylic acids is 1. The molecule has 0 radical (unpaired) electrons. The van der Waals surface area contributed by atoms with Gasteiger partial charge in [-0.15, -0.1) is 10.2 Å². The number of anilines is 1. The lowest BCUT2D eigenvalue weighted by molar-refractivity contribution is -0.116. The highest BCUT2D eigenvalue weighted by Crippen LogP contribution is 2.18. The fraction of sp³-hybridized carbons (Fsp3) is 0.400. The van der Waals surface area contributed by atoms with Gasteiger partial charge in [0.15, 0.2) is 0 Å². The van der Waals surface area contributed by atoms with E-state index < -0.39 is 0 Å². The first-order chi connectivity index (χ1) is 11.2. The van der Waals surface area contributed by atoms with E-state index in [-0.39, 0.29) is 5.91 Å². The summed E-state index contributed by atoms with van der Waals surface area (Å²) in [5.41, 5.74) is 0. The summed E-state index contributed by atoms with van der Waals surface area (Å²) in [6.07, 6.45) is 0.969.